The van der Waals surface area contributed by atoms with Crippen LogP contribution in [0.5, 0.6) is 5.75 Å². The SMILES string of the molecule is CCc1nc(SCCCOc2ccc(C)cc2)[nH]c(=O)c1C#N. The summed E-state index contributed by atoms with van der Waals surface area (Å²) in [4.78, 5) is 18.8. The zero-order chi connectivity index (χ0) is 16.7. The lowest BCUT2D eigenvalue weighted by Gasteiger charge is -2.07. The van der Waals surface area contributed by atoms with Crippen molar-refractivity contribution in [1.29, 1.82) is 5.26 Å². The Balaban J connectivity index is 1.82. The Morgan fingerprint density at radius 2 is 2.09 bits per heavy atom. The molecule has 0 radical (unpaired) electrons. The summed E-state index contributed by atoms with van der Waals surface area (Å²) >= 11 is 1.46. The molecule has 0 amide bonds. The van der Waals surface area contributed by atoms with Gasteiger partial charge in [0.2, 0.25) is 0 Å². The van der Waals surface area contributed by atoms with Crippen molar-refractivity contribution >= 4 is 11.8 Å². The summed E-state index contributed by atoms with van der Waals surface area (Å²) in [5.41, 5.74) is 1.50. The lowest BCUT2D eigenvalue weighted by Crippen LogP contribution is -2.16. The Kier molecular flexibility index (Phi) is 6.24. The zero-order valence-electron chi connectivity index (χ0n) is 13.3. The van der Waals surface area contributed by atoms with Gasteiger partial charge in [0.15, 0.2) is 5.16 Å². The number of nitriles is 1. The van der Waals surface area contributed by atoms with Crippen molar-refractivity contribution < 1.29 is 4.74 Å². The molecule has 1 heterocycles. The molecule has 0 fully saturated rings. The van der Waals surface area contributed by atoms with Crippen LogP contribution in [0.15, 0.2) is 34.2 Å². The standard InChI is InChI=1S/C17H19N3O2S/c1-3-15-14(11-18)16(21)20-17(19-15)23-10-4-9-22-13-7-5-12(2)6-8-13/h5-8H,3-4,9-10H2,1-2H3,(H,19,20,21). The second-order valence-corrected chi connectivity index (χ2v) is 6.11. The van der Waals surface area contributed by atoms with Crippen molar-refractivity contribution in [3.63, 3.8) is 0 Å². The summed E-state index contributed by atoms with van der Waals surface area (Å²) in [5.74, 6) is 1.64. The van der Waals surface area contributed by atoms with Gasteiger partial charge in [-0.25, -0.2) is 4.98 Å². The van der Waals surface area contributed by atoms with Crippen LogP contribution in [0.1, 0.15) is 30.2 Å². The molecular formula is C17H19N3O2S. The van der Waals surface area contributed by atoms with Crippen molar-refractivity contribution in [2.75, 3.05) is 12.4 Å². The quantitative estimate of drug-likeness (QED) is 0.480. The molecule has 0 unspecified atom stereocenters. The van der Waals surface area contributed by atoms with Gasteiger partial charge in [-0.1, -0.05) is 36.4 Å². The van der Waals surface area contributed by atoms with E-state index in [-0.39, 0.29) is 11.1 Å². The van der Waals surface area contributed by atoms with Gasteiger partial charge >= 0.3 is 0 Å². The van der Waals surface area contributed by atoms with Crippen LogP contribution in [-0.4, -0.2) is 22.3 Å². The maximum atomic E-state index is 11.8. The van der Waals surface area contributed by atoms with E-state index in [9.17, 15) is 4.79 Å². The molecule has 1 aromatic heterocycles. The first-order chi connectivity index (χ1) is 11.1. The van der Waals surface area contributed by atoms with Crippen LogP contribution in [0.3, 0.4) is 0 Å². The lowest BCUT2D eigenvalue weighted by molar-refractivity contribution is 0.318. The number of aromatic amines is 1. The highest BCUT2D eigenvalue weighted by atomic mass is 32.2. The van der Waals surface area contributed by atoms with Crippen LogP contribution in [0.25, 0.3) is 0 Å². The second-order valence-electron chi connectivity index (χ2n) is 5.02. The van der Waals surface area contributed by atoms with Gasteiger partial charge in [-0.2, -0.15) is 5.26 Å². The average Bonchev–Trinajstić information content (AvgIpc) is 2.55. The molecule has 0 spiro atoms. The van der Waals surface area contributed by atoms with Crippen LogP contribution in [-0.2, 0) is 6.42 Å². The van der Waals surface area contributed by atoms with Crippen molar-refractivity contribution in [2.45, 2.75) is 31.8 Å². The maximum absolute atomic E-state index is 11.8. The third-order valence-corrected chi connectivity index (χ3v) is 4.20. The van der Waals surface area contributed by atoms with Crippen molar-refractivity contribution in [1.82, 2.24) is 9.97 Å². The van der Waals surface area contributed by atoms with Gasteiger partial charge in [0.1, 0.15) is 17.4 Å². The van der Waals surface area contributed by atoms with Gasteiger partial charge < -0.3 is 9.72 Å². The Hall–Kier alpha value is -2.26. The van der Waals surface area contributed by atoms with Gasteiger partial charge in [0.25, 0.3) is 5.56 Å². The first kappa shape index (κ1) is 17.1. The summed E-state index contributed by atoms with van der Waals surface area (Å²) in [6.45, 7) is 4.53. The van der Waals surface area contributed by atoms with Crippen LogP contribution in [0.4, 0.5) is 0 Å². The van der Waals surface area contributed by atoms with Gasteiger partial charge in [0.05, 0.1) is 12.3 Å². The topological polar surface area (TPSA) is 78.8 Å². The van der Waals surface area contributed by atoms with Crippen molar-refractivity contribution in [3.05, 3.63) is 51.4 Å². The van der Waals surface area contributed by atoms with E-state index in [0.29, 0.717) is 23.9 Å². The molecule has 0 atom stereocenters. The molecule has 0 saturated heterocycles. The summed E-state index contributed by atoms with van der Waals surface area (Å²) in [6.07, 6.45) is 1.40. The first-order valence-corrected chi connectivity index (χ1v) is 8.48. The minimum atomic E-state index is -0.363. The summed E-state index contributed by atoms with van der Waals surface area (Å²) in [7, 11) is 0. The monoisotopic (exact) mass is 329 g/mol. The number of nitrogens with zero attached hydrogens (tertiary/aromatic N) is 2. The average molecular weight is 329 g/mol. The maximum Gasteiger partial charge on any atom is 0.269 e. The largest absolute Gasteiger partial charge is 0.494 e. The molecule has 0 aliphatic rings. The van der Waals surface area contributed by atoms with Crippen LogP contribution >= 0.6 is 11.8 Å². The predicted octanol–water partition coefficient (Wildman–Crippen LogP) is 3.07. The van der Waals surface area contributed by atoms with Crippen LogP contribution < -0.4 is 10.3 Å². The Morgan fingerprint density at radius 3 is 2.74 bits per heavy atom. The Labute approximate surface area is 139 Å². The molecule has 2 aromatic rings. The van der Waals surface area contributed by atoms with Crippen molar-refractivity contribution in [2.24, 2.45) is 0 Å². The molecule has 2 rings (SSSR count). The number of thioether (sulfide) groups is 1. The molecule has 1 aromatic carbocycles. The number of hydrogen-bond donors (Lipinski definition) is 1. The lowest BCUT2D eigenvalue weighted by atomic mass is 10.2. The zero-order valence-corrected chi connectivity index (χ0v) is 14.1. The van der Waals surface area contributed by atoms with E-state index in [0.717, 1.165) is 17.9 Å². The van der Waals surface area contributed by atoms with E-state index in [2.05, 4.69) is 9.97 Å². The molecule has 5 nitrogen and oxygen atoms in total. The van der Waals surface area contributed by atoms with Gasteiger partial charge in [-0.15, -0.1) is 0 Å². The number of nitrogens with one attached hydrogen (secondary N) is 1. The highest BCUT2D eigenvalue weighted by Gasteiger charge is 2.09. The Bertz CT molecular complexity index is 748. The normalized spacial score (nSPS) is 10.3. The number of hydrogen-bond acceptors (Lipinski definition) is 5. The first-order valence-electron chi connectivity index (χ1n) is 7.49. The third-order valence-electron chi connectivity index (χ3n) is 3.24. The third kappa shape index (κ3) is 4.86. The molecule has 6 heteroatoms. The van der Waals surface area contributed by atoms with E-state index in [4.69, 9.17) is 10.00 Å². The molecule has 0 aliphatic carbocycles. The number of aryl methyl sites for hydroxylation is 2. The summed E-state index contributed by atoms with van der Waals surface area (Å²) < 4.78 is 5.66. The fourth-order valence-electron chi connectivity index (χ4n) is 1.99. The molecule has 120 valence electrons. The number of benzene rings is 1. The van der Waals surface area contributed by atoms with E-state index >= 15 is 0 Å². The van der Waals surface area contributed by atoms with Crippen LogP contribution in [0.2, 0.25) is 0 Å². The van der Waals surface area contributed by atoms with Crippen LogP contribution in [0, 0.1) is 18.3 Å². The van der Waals surface area contributed by atoms with E-state index in [1.54, 1.807) is 0 Å². The summed E-state index contributed by atoms with van der Waals surface area (Å²) in [6, 6.07) is 9.84. The summed E-state index contributed by atoms with van der Waals surface area (Å²) in [5, 5.41) is 9.52. The number of ether oxygens (including phenoxy) is 1. The molecule has 0 aliphatic heterocycles. The smallest absolute Gasteiger partial charge is 0.269 e. The highest BCUT2D eigenvalue weighted by Crippen LogP contribution is 2.15. The van der Waals surface area contributed by atoms with Crippen molar-refractivity contribution in [3.8, 4) is 11.8 Å². The van der Waals surface area contributed by atoms with E-state index in [1.165, 1.54) is 17.3 Å². The molecule has 0 bridgehead atoms. The predicted molar refractivity (Wildman–Crippen MR) is 91.0 cm³/mol. The number of aromatic nitrogens is 2. The van der Waals surface area contributed by atoms with E-state index in [1.807, 2.05) is 44.2 Å². The molecule has 23 heavy (non-hydrogen) atoms. The second kappa shape index (κ2) is 8.39. The van der Waals surface area contributed by atoms with Gasteiger partial charge in [-0.3, -0.25) is 4.79 Å². The molecular weight excluding hydrogens is 310 g/mol. The molecule has 1 N–H and O–H groups in total. The Morgan fingerprint density at radius 1 is 1.35 bits per heavy atom. The highest BCUT2D eigenvalue weighted by molar-refractivity contribution is 7.99. The minimum Gasteiger partial charge on any atom is -0.494 e. The molecule has 0 saturated carbocycles. The van der Waals surface area contributed by atoms with Gasteiger partial charge in [-0.05, 0) is 31.9 Å². The minimum absolute atomic E-state index is 0.111. The fraction of sp³-hybridized carbons (Fsp3) is 0.353. The number of H-pyrrole nitrogens is 1. The van der Waals surface area contributed by atoms with Gasteiger partial charge in [0, 0.05) is 5.75 Å². The fourth-order valence-corrected chi connectivity index (χ4v) is 2.78. The van der Waals surface area contributed by atoms with E-state index < -0.39 is 0 Å². The number of rotatable bonds is 7.